The Bertz CT molecular complexity index is 955. The molecule has 1 amide bonds. The quantitative estimate of drug-likeness (QED) is 0.727. The lowest BCUT2D eigenvalue weighted by Gasteiger charge is -2.34. The fraction of sp³-hybridized carbons (Fsp3) is 0.381. The summed E-state index contributed by atoms with van der Waals surface area (Å²) < 4.78 is 25.5. The van der Waals surface area contributed by atoms with E-state index in [1.54, 1.807) is 41.3 Å². The van der Waals surface area contributed by atoms with Gasteiger partial charge in [0.1, 0.15) is 0 Å². The zero-order valence-electron chi connectivity index (χ0n) is 16.2. The van der Waals surface area contributed by atoms with Gasteiger partial charge in [0.15, 0.2) is 0 Å². The second-order valence-electron chi connectivity index (χ2n) is 7.42. The molecule has 2 aromatic carbocycles. The van der Waals surface area contributed by atoms with E-state index in [1.807, 2.05) is 12.1 Å². The van der Waals surface area contributed by atoms with Gasteiger partial charge >= 0.3 is 0 Å². The number of carbonyl (C=O) groups is 1. The zero-order valence-corrected chi connectivity index (χ0v) is 17.8. The highest BCUT2D eigenvalue weighted by Crippen LogP contribution is 2.31. The normalized spacial score (nSPS) is 16.4. The zero-order chi connectivity index (χ0) is 21.0. The Morgan fingerprint density at radius 3 is 2.41 bits per heavy atom. The molecule has 0 radical (unpaired) electrons. The maximum Gasteiger partial charge on any atom is 0.229 e. The van der Waals surface area contributed by atoms with E-state index in [2.05, 4.69) is 4.72 Å². The Balaban J connectivity index is 1.59. The summed E-state index contributed by atoms with van der Waals surface area (Å²) in [5, 5.41) is 11.3. The molecule has 2 N–H and O–H groups in total. The van der Waals surface area contributed by atoms with Crippen LogP contribution in [0.5, 0.6) is 0 Å². The Hall–Kier alpha value is -2.09. The molecule has 6 nitrogen and oxygen atoms in total. The summed E-state index contributed by atoms with van der Waals surface area (Å²) in [6.45, 7) is 1.13. The van der Waals surface area contributed by atoms with E-state index in [0.717, 1.165) is 11.8 Å². The van der Waals surface area contributed by atoms with Crippen LogP contribution in [0.4, 0.5) is 5.69 Å². The van der Waals surface area contributed by atoms with Gasteiger partial charge in [-0.05, 0) is 48.1 Å². The van der Waals surface area contributed by atoms with Crippen LogP contribution in [0.2, 0.25) is 5.02 Å². The van der Waals surface area contributed by atoms with Crippen LogP contribution in [-0.2, 0) is 21.2 Å². The Morgan fingerprint density at radius 1 is 1.17 bits per heavy atom. The summed E-state index contributed by atoms with van der Waals surface area (Å²) in [7, 11) is -3.42. The lowest BCUT2D eigenvalue weighted by Crippen LogP contribution is -2.40. The Labute approximate surface area is 176 Å². The van der Waals surface area contributed by atoms with Crippen molar-refractivity contribution in [2.45, 2.75) is 25.4 Å². The number of aliphatic hydroxyl groups is 1. The SMILES string of the molecule is CS(=O)(=O)Nc1ccccc1CC(=O)N1CCC(C(O)c2ccc(Cl)cc2)CC1. The predicted octanol–water partition coefficient (Wildman–Crippen LogP) is 3.23. The molecule has 1 aliphatic heterocycles. The van der Waals surface area contributed by atoms with Crippen molar-refractivity contribution in [3.05, 3.63) is 64.7 Å². The van der Waals surface area contributed by atoms with Crippen molar-refractivity contribution in [2.24, 2.45) is 5.92 Å². The van der Waals surface area contributed by atoms with Crippen LogP contribution in [0, 0.1) is 5.92 Å². The number of carbonyl (C=O) groups excluding carboxylic acids is 1. The number of sulfonamides is 1. The summed E-state index contributed by atoms with van der Waals surface area (Å²) in [6.07, 6.45) is 2.05. The summed E-state index contributed by atoms with van der Waals surface area (Å²) >= 11 is 5.91. The third-order valence-corrected chi connectivity index (χ3v) is 6.05. The topological polar surface area (TPSA) is 86.7 Å². The van der Waals surface area contributed by atoms with Crippen LogP contribution in [0.15, 0.2) is 48.5 Å². The number of aliphatic hydroxyl groups excluding tert-OH is 1. The molecule has 1 unspecified atom stereocenters. The van der Waals surface area contributed by atoms with Crippen LogP contribution < -0.4 is 4.72 Å². The first-order valence-electron chi connectivity index (χ1n) is 9.50. The van der Waals surface area contributed by atoms with E-state index in [9.17, 15) is 18.3 Å². The van der Waals surface area contributed by atoms with Gasteiger partial charge in [0, 0.05) is 18.1 Å². The van der Waals surface area contributed by atoms with Crippen molar-refractivity contribution >= 4 is 33.2 Å². The monoisotopic (exact) mass is 436 g/mol. The standard InChI is InChI=1S/C21H25ClN2O4S/c1-29(27,28)23-19-5-3-2-4-17(19)14-20(25)24-12-10-16(11-13-24)21(26)15-6-8-18(22)9-7-15/h2-9,16,21,23,26H,10-14H2,1H3. The summed E-state index contributed by atoms with van der Waals surface area (Å²) in [6, 6.07) is 14.1. The molecule has 1 saturated heterocycles. The first-order valence-corrected chi connectivity index (χ1v) is 11.8. The number of nitrogens with one attached hydrogen (secondary N) is 1. The van der Waals surface area contributed by atoms with E-state index in [1.165, 1.54) is 0 Å². The Morgan fingerprint density at radius 2 is 1.79 bits per heavy atom. The van der Waals surface area contributed by atoms with E-state index in [4.69, 9.17) is 11.6 Å². The molecule has 1 heterocycles. The fourth-order valence-corrected chi connectivity index (χ4v) is 4.37. The summed E-state index contributed by atoms with van der Waals surface area (Å²) in [5.41, 5.74) is 1.91. The minimum Gasteiger partial charge on any atom is -0.388 e. The van der Waals surface area contributed by atoms with E-state index >= 15 is 0 Å². The number of halogens is 1. The lowest BCUT2D eigenvalue weighted by molar-refractivity contribution is -0.132. The predicted molar refractivity (Wildman–Crippen MR) is 114 cm³/mol. The molecule has 8 heteroatoms. The van der Waals surface area contributed by atoms with Gasteiger partial charge in [-0.1, -0.05) is 41.9 Å². The van der Waals surface area contributed by atoms with Crippen LogP contribution in [-0.4, -0.2) is 43.7 Å². The van der Waals surface area contributed by atoms with Crippen molar-refractivity contribution in [1.29, 1.82) is 0 Å². The van der Waals surface area contributed by atoms with Crippen molar-refractivity contribution in [3.63, 3.8) is 0 Å². The highest BCUT2D eigenvalue weighted by atomic mass is 35.5. The average molecular weight is 437 g/mol. The fourth-order valence-electron chi connectivity index (χ4n) is 3.65. The van der Waals surface area contributed by atoms with E-state index in [0.29, 0.717) is 42.2 Å². The average Bonchev–Trinajstić information content (AvgIpc) is 2.68. The van der Waals surface area contributed by atoms with Gasteiger partial charge < -0.3 is 10.0 Å². The smallest absolute Gasteiger partial charge is 0.229 e. The lowest BCUT2D eigenvalue weighted by atomic mass is 9.87. The molecule has 3 rings (SSSR count). The number of nitrogens with zero attached hydrogens (tertiary/aromatic N) is 1. The number of likely N-dealkylation sites (tertiary alicyclic amines) is 1. The number of piperidine rings is 1. The second-order valence-corrected chi connectivity index (χ2v) is 9.61. The number of para-hydroxylation sites is 1. The van der Waals surface area contributed by atoms with Gasteiger partial charge in [-0.15, -0.1) is 0 Å². The second kappa shape index (κ2) is 9.15. The van der Waals surface area contributed by atoms with E-state index < -0.39 is 16.1 Å². The highest BCUT2D eigenvalue weighted by molar-refractivity contribution is 7.92. The molecule has 0 aromatic heterocycles. The third kappa shape index (κ3) is 5.95. The molecular formula is C21H25ClN2O4S. The first-order chi connectivity index (χ1) is 13.7. The highest BCUT2D eigenvalue weighted by Gasteiger charge is 2.28. The molecule has 1 atom stereocenters. The molecule has 0 spiro atoms. The molecular weight excluding hydrogens is 412 g/mol. The van der Waals surface area contributed by atoms with Gasteiger partial charge in [-0.3, -0.25) is 9.52 Å². The van der Waals surface area contributed by atoms with Crippen molar-refractivity contribution < 1.29 is 18.3 Å². The number of hydrogen-bond acceptors (Lipinski definition) is 4. The van der Waals surface area contributed by atoms with Crippen molar-refractivity contribution in [3.8, 4) is 0 Å². The number of rotatable bonds is 6. The molecule has 156 valence electrons. The first kappa shape index (κ1) is 21.6. The van der Waals surface area contributed by atoms with Crippen molar-refractivity contribution in [1.82, 2.24) is 4.90 Å². The van der Waals surface area contributed by atoms with Gasteiger partial charge in [-0.25, -0.2) is 8.42 Å². The number of amides is 1. The molecule has 2 aromatic rings. The number of hydrogen-bond donors (Lipinski definition) is 2. The number of benzene rings is 2. The molecule has 1 fully saturated rings. The van der Waals surface area contributed by atoms with E-state index in [-0.39, 0.29) is 18.2 Å². The number of anilines is 1. The van der Waals surface area contributed by atoms with Crippen LogP contribution in [0.25, 0.3) is 0 Å². The molecule has 0 aliphatic carbocycles. The summed E-state index contributed by atoms with van der Waals surface area (Å²) in [5.74, 6) is 0.0339. The maximum atomic E-state index is 12.7. The van der Waals surface area contributed by atoms with Crippen molar-refractivity contribution in [2.75, 3.05) is 24.1 Å². The minimum absolute atomic E-state index is 0.0489. The Kier molecular flexibility index (Phi) is 6.82. The molecule has 0 bridgehead atoms. The third-order valence-electron chi connectivity index (χ3n) is 5.20. The van der Waals surface area contributed by atoms with Gasteiger partial charge in [0.25, 0.3) is 0 Å². The van der Waals surface area contributed by atoms with Crippen LogP contribution in [0.3, 0.4) is 0 Å². The van der Waals surface area contributed by atoms with Crippen LogP contribution in [0.1, 0.15) is 30.1 Å². The largest absolute Gasteiger partial charge is 0.388 e. The minimum atomic E-state index is -3.42. The summed E-state index contributed by atoms with van der Waals surface area (Å²) in [4.78, 5) is 14.5. The molecule has 0 saturated carbocycles. The van der Waals surface area contributed by atoms with Gasteiger partial charge in [0.2, 0.25) is 15.9 Å². The van der Waals surface area contributed by atoms with Gasteiger partial charge in [0.05, 0.1) is 24.5 Å². The maximum absolute atomic E-state index is 12.7. The molecule has 1 aliphatic rings. The van der Waals surface area contributed by atoms with Gasteiger partial charge in [-0.2, -0.15) is 0 Å². The van der Waals surface area contributed by atoms with Crippen LogP contribution >= 0.6 is 11.6 Å². The molecule has 29 heavy (non-hydrogen) atoms.